The molecule has 1 aliphatic rings. The van der Waals surface area contributed by atoms with Crippen LogP contribution in [-0.2, 0) is 0 Å². The topological polar surface area (TPSA) is 91.2 Å². The van der Waals surface area contributed by atoms with E-state index in [1.165, 1.54) is 0 Å². The van der Waals surface area contributed by atoms with Crippen LogP contribution in [0.4, 0.5) is 5.69 Å². The molecule has 4 rings (SSSR count). The van der Waals surface area contributed by atoms with Gasteiger partial charge in [0.15, 0.2) is 17.3 Å². The molecule has 1 heterocycles. The van der Waals surface area contributed by atoms with E-state index in [0.717, 1.165) is 18.4 Å². The molecule has 0 unspecified atom stereocenters. The average Bonchev–Trinajstić information content (AvgIpc) is 3.45. The summed E-state index contributed by atoms with van der Waals surface area (Å²) in [6.07, 6.45) is 2.18. The van der Waals surface area contributed by atoms with Crippen molar-refractivity contribution in [3.63, 3.8) is 0 Å². The van der Waals surface area contributed by atoms with Gasteiger partial charge in [-0.1, -0.05) is 12.1 Å². The van der Waals surface area contributed by atoms with Crippen LogP contribution in [-0.4, -0.2) is 39.8 Å². The van der Waals surface area contributed by atoms with E-state index in [9.17, 15) is 4.79 Å². The molecule has 0 aliphatic heterocycles. The maximum atomic E-state index is 12.7. The highest BCUT2D eigenvalue weighted by Crippen LogP contribution is 2.37. The lowest BCUT2D eigenvalue weighted by atomic mass is 10.1. The number of hydrogen-bond acceptors (Lipinski definition) is 6. The fourth-order valence-electron chi connectivity index (χ4n) is 2.97. The second-order valence-corrected chi connectivity index (χ2v) is 6.51. The largest absolute Gasteiger partial charge is 0.493 e. The van der Waals surface area contributed by atoms with Gasteiger partial charge in [-0.05, 0) is 60.5 Å². The second-order valence-electron chi connectivity index (χ2n) is 6.51. The van der Waals surface area contributed by atoms with Gasteiger partial charge in [0.25, 0.3) is 5.91 Å². The third-order valence-corrected chi connectivity index (χ3v) is 4.49. The first-order chi connectivity index (χ1) is 13.7. The maximum Gasteiger partial charge on any atom is 0.255 e. The van der Waals surface area contributed by atoms with Crippen LogP contribution >= 0.6 is 0 Å². The van der Waals surface area contributed by atoms with Gasteiger partial charge >= 0.3 is 0 Å². The standard InChI is InChI=1S/C20H21N5O3/c1-3-28-17-10-7-14(12-18(17)27-2)20(26)21-15-6-4-5-13(11-15)19-22-23-24-25(19)16-8-9-16/h4-7,10-12,16H,3,8-9H2,1-2H3,(H,21,26). The molecule has 144 valence electrons. The Labute approximate surface area is 162 Å². The summed E-state index contributed by atoms with van der Waals surface area (Å²) >= 11 is 0. The van der Waals surface area contributed by atoms with Crippen molar-refractivity contribution < 1.29 is 14.3 Å². The van der Waals surface area contributed by atoms with Crippen molar-refractivity contribution in [1.29, 1.82) is 0 Å². The van der Waals surface area contributed by atoms with Gasteiger partial charge in [-0.2, -0.15) is 0 Å². The molecule has 28 heavy (non-hydrogen) atoms. The minimum atomic E-state index is -0.236. The predicted octanol–water partition coefficient (Wildman–Crippen LogP) is 3.33. The lowest BCUT2D eigenvalue weighted by molar-refractivity contribution is 0.102. The van der Waals surface area contributed by atoms with E-state index in [1.54, 1.807) is 25.3 Å². The Kier molecular flexibility index (Phi) is 4.92. The zero-order valence-corrected chi connectivity index (χ0v) is 15.8. The summed E-state index contributed by atoms with van der Waals surface area (Å²) in [5.41, 5.74) is 2.01. The number of methoxy groups -OCH3 is 1. The van der Waals surface area contributed by atoms with Gasteiger partial charge in [0.05, 0.1) is 19.8 Å². The van der Waals surface area contributed by atoms with Gasteiger partial charge in [0.2, 0.25) is 0 Å². The first kappa shape index (κ1) is 18.0. The van der Waals surface area contributed by atoms with Crippen LogP contribution in [0.3, 0.4) is 0 Å². The molecule has 2 aromatic carbocycles. The summed E-state index contributed by atoms with van der Waals surface area (Å²) in [7, 11) is 1.55. The summed E-state index contributed by atoms with van der Waals surface area (Å²) in [4.78, 5) is 12.7. The average molecular weight is 379 g/mol. The Bertz CT molecular complexity index is 997. The van der Waals surface area contributed by atoms with Gasteiger partial charge in [-0.15, -0.1) is 5.10 Å². The highest BCUT2D eigenvalue weighted by atomic mass is 16.5. The van der Waals surface area contributed by atoms with Crippen LogP contribution in [0, 0.1) is 0 Å². The van der Waals surface area contributed by atoms with Gasteiger partial charge in [-0.3, -0.25) is 4.79 Å². The molecule has 8 heteroatoms. The molecule has 0 atom stereocenters. The van der Waals surface area contributed by atoms with E-state index in [1.807, 2.05) is 35.9 Å². The molecule has 1 N–H and O–H groups in total. The van der Waals surface area contributed by atoms with Crippen LogP contribution in [0.5, 0.6) is 11.5 Å². The normalized spacial score (nSPS) is 13.2. The van der Waals surface area contributed by atoms with Crippen molar-refractivity contribution in [2.24, 2.45) is 0 Å². The molecule has 1 aliphatic carbocycles. The van der Waals surface area contributed by atoms with E-state index in [-0.39, 0.29) is 5.91 Å². The number of ether oxygens (including phenoxy) is 2. The Morgan fingerprint density at radius 1 is 1.21 bits per heavy atom. The minimum Gasteiger partial charge on any atom is -0.493 e. The Morgan fingerprint density at radius 3 is 2.82 bits per heavy atom. The predicted molar refractivity (Wildman–Crippen MR) is 104 cm³/mol. The van der Waals surface area contributed by atoms with Crippen molar-refractivity contribution >= 4 is 11.6 Å². The number of benzene rings is 2. The number of tetrazole rings is 1. The molecule has 1 aromatic heterocycles. The van der Waals surface area contributed by atoms with E-state index < -0.39 is 0 Å². The minimum absolute atomic E-state index is 0.236. The SMILES string of the molecule is CCOc1ccc(C(=O)Nc2cccc(-c3nnnn3C3CC3)c2)cc1OC. The maximum absolute atomic E-state index is 12.7. The molecule has 3 aromatic rings. The third-order valence-electron chi connectivity index (χ3n) is 4.49. The summed E-state index contributed by atoms with van der Waals surface area (Å²) < 4.78 is 12.7. The van der Waals surface area contributed by atoms with Crippen molar-refractivity contribution in [2.45, 2.75) is 25.8 Å². The molecular weight excluding hydrogens is 358 g/mol. The molecule has 0 radical (unpaired) electrons. The number of carbonyl (C=O) groups excluding carboxylic acids is 1. The summed E-state index contributed by atoms with van der Waals surface area (Å²) in [5.74, 6) is 1.60. The van der Waals surface area contributed by atoms with Gasteiger partial charge in [0, 0.05) is 16.8 Å². The summed E-state index contributed by atoms with van der Waals surface area (Å²) in [6, 6.07) is 13.0. The first-order valence-corrected chi connectivity index (χ1v) is 9.20. The Balaban J connectivity index is 1.54. The zero-order valence-electron chi connectivity index (χ0n) is 15.8. The molecular formula is C20H21N5O3. The van der Waals surface area contributed by atoms with Crippen LogP contribution in [0.15, 0.2) is 42.5 Å². The summed E-state index contributed by atoms with van der Waals surface area (Å²) in [6.45, 7) is 2.42. The molecule has 1 fully saturated rings. The van der Waals surface area contributed by atoms with Gasteiger partial charge < -0.3 is 14.8 Å². The number of amides is 1. The summed E-state index contributed by atoms with van der Waals surface area (Å²) in [5, 5.41) is 14.9. The van der Waals surface area contributed by atoms with Crippen molar-refractivity contribution in [1.82, 2.24) is 20.2 Å². The number of nitrogens with one attached hydrogen (secondary N) is 1. The highest BCUT2D eigenvalue weighted by Gasteiger charge is 2.28. The zero-order chi connectivity index (χ0) is 19.5. The van der Waals surface area contributed by atoms with E-state index >= 15 is 0 Å². The first-order valence-electron chi connectivity index (χ1n) is 9.20. The second kappa shape index (κ2) is 7.67. The van der Waals surface area contributed by atoms with Gasteiger partial charge in [-0.25, -0.2) is 4.68 Å². The lowest BCUT2D eigenvalue weighted by Gasteiger charge is -2.11. The molecule has 1 saturated carbocycles. The Morgan fingerprint density at radius 2 is 2.07 bits per heavy atom. The fraction of sp³-hybridized carbons (Fsp3) is 0.300. The van der Waals surface area contributed by atoms with Crippen molar-refractivity contribution in [2.75, 3.05) is 19.0 Å². The number of hydrogen-bond donors (Lipinski definition) is 1. The number of aromatic nitrogens is 4. The van der Waals surface area contributed by atoms with E-state index in [0.29, 0.717) is 41.2 Å². The molecule has 0 spiro atoms. The number of nitrogens with zero attached hydrogens (tertiary/aromatic N) is 4. The van der Waals surface area contributed by atoms with Crippen LogP contribution in [0.2, 0.25) is 0 Å². The van der Waals surface area contributed by atoms with E-state index in [4.69, 9.17) is 9.47 Å². The fourth-order valence-corrected chi connectivity index (χ4v) is 2.97. The third kappa shape index (κ3) is 3.66. The van der Waals surface area contributed by atoms with Crippen LogP contribution < -0.4 is 14.8 Å². The molecule has 0 bridgehead atoms. The smallest absolute Gasteiger partial charge is 0.255 e. The van der Waals surface area contributed by atoms with Crippen LogP contribution in [0.25, 0.3) is 11.4 Å². The van der Waals surface area contributed by atoms with E-state index in [2.05, 4.69) is 20.8 Å². The lowest BCUT2D eigenvalue weighted by Crippen LogP contribution is -2.12. The highest BCUT2D eigenvalue weighted by molar-refractivity contribution is 6.04. The Hall–Kier alpha value is -3.42. The number of anilines is 1. The monoisotopic (exact) mass is 379 g/mol. The van der Waals surface area contributed by atoms with Gasteiger partial charge in [0.1, 0.15) is 0 Å². The van der Waals surface area contributed by atoms with Crippen LogP contribution in [0.1, 0.15) is 36.2 Å². The number of rotatable bonds is 7. The molecule has 0 saturated heterocycles. The quantitative estimate of drug-likeness (QED) is 0.677. The van der Waals surface area contributed by atoms with Crippen molar-refractivity contribution in [3.05, 3.63) is 48.0 Å². The molecule has 1 amide bonds. The van der Waals surface area contributed by atoms with Crippen molar-refractivity contribution in [3.8, 4) is 22.9 Å². The molecule has 8 nitrogen and oxygen atoms in total. The number of carbonyl (C=O) groups is 1.